The molecule has 0 radical (unpaired) electrons. The van der Waals surface area contributed by atoms with Gasteiger partial charge < -0.3 is 5.73 Å². The average Bonchev–Trinajstić information content (AvgIpc) is 2.68. The van der Waals surface area contributed by atoms with Crippen molar-refractivity contribution in [3.8, 4) is 17.9 Å². The van der Waals surface area contributed by atoms with E-state index in [9.17, 15) is 0 Å². The van der Waals surface area contributed by atoms with Gasteiger partial charge in [0, 0.05) is 18.0 Å². The lowest BCUT2D eigenvalue weighted by molar-refractivity contribution is 1.32. The molecule has 0 spiro atoms. The average molecular weight is 225 g/mol. The lowest BCUT2D eigenvalue weighted by Crippen LogP contribution is -1.77. The number of hydrogen-bond donors (Lipinski definition) is 1. The van der Waals surface area contributed by atoms with Crippen LogP contribution in [-0.4, -0.2) is 4.98 Å². The molecule has 2 rings (SSSR count). The van der Waals surface area contributed by atoms with E-state index >= 15 is 0 Å². The number of anilines is 1. The zero-order valence-corrected chi connectivity index (χ0v) is 9.08. The van der Waals surface area contributed by atoms with Crippen LogP contribution in [0, 0.1) is 23.2 Å². The van der Waals surface area contributed by atoms with Crippen molar-refractivity contribution < 1.29 is 0 Å². The molecule has 0 saturated carbocycles. The Kier molecular flexibility index (Phi) is 2.86. The van der Waals surface area contributed by atoms with E-state index in [1.165, 1.54) is 11.3 Å². The summed E-state index contributed by atoms with van der Waals surface area (Å²) >= 11 is 1.25. The standard InChI is InChI=1S/C12H7N3S/c13-8-11-10(7-12(14)16-11)2-1-9-3-5-15-6-4-9/h3-7H,14H2. The van der Waals surface area contributed by atoms with E-state index in [4.69, 9.17) is 11.0 Å². The molecule has 2 heterocycles. The van der Waals surface area contributed by atoms with Crippen molar-refractivity contribution in [2.45, 2.75) is 0 Å². The summed E-state index contributed by atoms with van der Waals surface area (Å²) in [5.41, 5.74) is 7.16. The van der Waals surface area contributed by atoms with Crippen molar-refractivity contribution in [2.24, 2.45) is 0 Å². The summed E-state index contributed by atoms with van der Waals surface area (Å²) in [5, 5.41) is 9.46. The van der Waals surface area contributed by atoms with Crippen LogP contribution >= 0.6 is 11.3 Å². The van der Waals surface area contributed by atoms with Crippen molar-refractivity contribution in [1.29, 1.82) is 5.26 Å². The highest BCUT2D eigenvalue weighted by Crippen LogP contribution is 2.22. The number of aromatic nitrogens is 1. The molecule has 0 bridgehead atoms. The van der Waals surface area contributed by atoms with E-state index in [2.05, 4.69) is 22.9 Å². The van der Waals surface area contributed by atoms with Crippen LogP contribution in [0.4, 0.5) is 5.00 Å². The van der Waals surface area contributed by atoms with Crippen LogP contribution in [0.15, 0.2) is 30.6 Å². The normalized spacial score (nSPS) is 8.94. The predicted molar refractivity (Wildman–Crippen MR) is 63.7 cm³/mol. The molecule has 0 aliphatic rings. The van der Waals surface area contributed by atoms with Gasteiger partial charge in [-0.2, -0.15) is 5.26 Å². The number of nitrogen functional groups attached to an aromatic ring is 1. The molecular formula is C12H7N3S. The zero-order chi connectivity index (χ0) is 11.4. The fourth-order valence-corrected chi connectivity index (χ4v) is 1.84. The Balaban J connectivity index is 2.35. The van der Waals surface area contributed by atoms with Crippen molar-refractivity contribution in [1.82, 2.24) is 4.98 Å². The molecule has 0 amide bonds. The Labute approximate surface area is 97.2 Å². The highest BCUT2D eigenvalue weighted by atomic mass is 32.1. The molecule has 0 atom stereocenters. The minimum absolute atomic E-state index is 0.555. The van der Waals surface area contributed by atoms with E-state index in [-0.39, 0.29) is 0 Å². The van der Waals surface area contributed by atoms with Gasteiger partial charge in [-0.1, -0.05) is 11.8 Å². The number of nitrogens with zero attached hydrogens (tertiary/aromatic N) is 2. The zero-order valence-electron chi connectivity index (χ0n) is 8.27. The number of hydrogen-bond acceptors (Lipinski definition) is 4. The van der Waals surface area contributed by atoms with Gasteiger partial charge in [-0.3, -0.25) is 4.98 Å². The summed E-state index contributed by atoms with van der Waals surface area (Å²) in [6, 6.07) is 7.42. The van der Waals surface area contributed by atoms with Crippen molar-refractivity contribution >= 4 is 16.3 Å². The Morgan fingerprint density at radius 1 is 1.25 bits per heavy atom. The largest absolute Gasteiger partial charge is 0.391 e. The molecule has 0 aliphatic carbocycles. The molecule has 0 saturated heterocycles. The highest BCUT2D eigenvalue weighted by molar-refractivity contribution is 7.16. The van der Waals surface area contributed by atoms with Gasteiger partial charge in [0.2, 0.25) is 0 Å². The van der Waals surface area contributed by atoms with Crippen LogP contribution in [-0.2, 0) is 0 Å². The second kappa shape index (κ2) is 4.48. The molecule has 3 nitrogen and oxygen atoms in total. The maximum atomic E-state index is 8.86. The molecule has 76 valence electrons. The maximum absolute atomic E-state index is 8.86. The highest BCUT2D eigenvalue weighted by Gasteiger charge is 2.03. The van der Waals surface area contributed by atoms with Gasteiger partial charge in [-0.05, 0) is 18.2 Å². The van der Waals surface area contributed by atoms with Gasteiger partial charge in [0.25, 0.3) is 0 Å². The summed E-state index contributed by atoms with van der Waals surface area (Å²) in [6.45, 7) is 0. The molecule has 16 heavy (non-hydrogen) atoms. The molecule has 2 aromatic rings. The lowest BCUT2D eigenvalue weighted by atomic mass is 10.2. The first-order valence-electron chi connectivity index (χ1n) is 4.51. The Hall–Kier alpha value is -2.30. The fourth-order valence-electron chi connectivity index (χ4n) is 1.16. The Bertz CT molecular complexity index is 597. The van der Waals surface area contributed by atoms with Crippen molar-refractivity contribution in [2.75, 3.05) is 5.73 Å². The summed E-state index contributed by atoms with van der Waals surface area (Å²) in [4.78, 5) is 4.45. The quantitative estimate of drug-likeness (QED) is 0.697. The first-order chi connectivity index (χ1) is 7.79. The van der Waals surface area contributed by atoms with E-state index in [0.717, 1.165) is 5.56 Å². The molecule has 4 heteroatoms. The molecule has 0 unspecified atom stereocenters. The summed E-state index contributed by atoms with van der Waals surface area (Å²) in [5.74, 6) is 5.89. The number of nitrogens with two attached hydrogens (primary N) is 1. The van der Waals surface area contributed by atoms with Crippen LogP contribution in [0.3, 0.4) is 0 Å². The van der Waals surface area contributed by atoms with Crippen LogP contribution in [0.1, 0.15) is 16.0 Å². The fraction of sp³-hybridized carbons (Fsp3) is 0. The first-order valence-corrected chi connectivity index (χ1v) is 5.32. The minimum atomic E-state index is 0.555. The lowest BCUT2D eigenvalue weighted by Gasteiger charge is -1.86. The van der Waals surface area contributed by atoms with E-state index in [1.807, 2.05) is 12.1 Å². The number of rotatable bonds is 0. The topological polar surface area (TPSA) is 62.7 Å². The smallest absolute Gasteiger partial charge is 0.122 e. The van der Waals surface area contributed by atoms with Gasteiger partial charge in [0.05, 0.1) is 10.6 Å². The number of pyridine rings is 1. The van der Waals surface area contributed by atoms with Crippen LogP contribution in [0.2, 0.25) is 0 Å². The van der Waals surface area contributed by atoms with Gasteiger partial charge in [0.15, 0.2) is 0 Å². The second-order valence-corrected chi connectivity index (χ2v) is 4.07. The first kappa shape index (κ1) is 10.2. The SMILES string of the molecule is N#Cc1sc(N)cc1C#Cc1ccncc1. The third kappa shape index (κ3) is 2.20. The molecular weight excluding hydrogens is 218 g/mol. The van der Waals surface area contributed by atoms with Crippen LogP contribution in [0.25, 0.3) is 0 Å². The Morgan fingerprint density at radius 3 is 2.69 bits per heavy atom. The third-order valence-corrected chi connectivity index (χ3v) is 2.74. The number of thiophene rings is 1. The van der Waals surface area contributed by atoms with E-state index in [0.29, 0.717) is 15.4 Å². The van der Waals surface area contributed by atoms with Gasteiger partial charge >= 0.3 is 0 Å². The van der Waals surface area contributed by atoms with Crippen molar-refractivity contribution in [3.63, 3.8) is 0 Å². The van der Waals surface area contributed by atoms with Gasteiger partial charge in [-0.15, -0.1) is 11.3 Å². The van der Waals surface area contributed by atoms with Gasteiger partial charge in [0.1, 0.15) is 10.9 Å². The van der Waals surface area contributed by atoms with E-state index < -0.39 is 0 Å². The van der Waals surface area contributed by atoms with Crippen LogP contribution < -0.4 is 5.73 Å². The molecule has 0 fully saturated rings. The predicted octanol–water partition coefficient (Wildman–Crippen LogP) is 2.00. The molecule has 0 aliphatic heterocycles. The number of nitriles is 1. The molecule has 2 aromatic heterocycles. The molecule has 2 N–H and O–H groups in total. The van der Waals surface area contributed by atoms with Gasteiger partial charge in [-0.25, -0.2) is 0 Å². The third-order valence-electron chi connectivity index (χ3n) is 1.87. The molecule has 0 aromatic carbocycles. The summed E-state index contributed by atoms with van der Waals surface area (Å²) < 4.78 is 0. The minimum Gasteiger partial charge on any atom is -0.391 e. The van der Waals surface area contributed by atoms with Crippen LogP contribution in [0.5, 0.6) is 0 Å². The summed E-state index contributed by atoms with van der Waals surface area (Å²) in [6.07, 6.45) is 3.36. The maximum Gasteiger partial charge on any atom is 0.122 e. The second-order valence-electron chi connectivity index (χ2n) is 2.99. The van der Waals surface area contributed by atoms with Crippen molar-refractivity contribution in [3.05, 3.63) is 46.6 Å². The van der Waals surface area contributed by atoms with E-state index in [1.54, 1.807) is 18.5 Å². The Morgan fingerprint density at radius 2 is 2.00 bits per heavy atom. The summed E-state index contributed by atoms with van der Waals surface area (Å²) in [7, 11) is 0. The monoisotopic (exact) mass is 225 g/mol.